The molecule has 25 heavy (non-hydrogen) atoms. The lowest BCUT2D eigenvalue weighted by Gasteiger charge is -2.18. The number of aromatic nitrogens is 2. The molecule has 5 nitrogen and oxygen atoms in total. The van der Waals surface area contributed by atoms with Gasteiger partial charge in [-0.2, -0.15) is 0 Å². The minimum Gasteiger partial charge on any atom is -0.320 e. The number of hydrogen-bond acceptors (Lipinski definition) is 4. The van der Waals surface area contributed by atoms with Crippen LogP contribution in [0.25, 0.3) is 0 Å². The van der Waals surface area contributed by atoms with Crippen LogP contribution < -0.4 is 10.2 Å². The number of benzene rings is 2. The van der Waals surface area contributed by atoms with E-state index in [-0.39, 0.29) is 5.91 Å². The molecule has 1 amide bonds. The molecule has 6 heteroatoms. The van der Waals surface area contributed by atoms with E-state index in [1.807, 2.05) is 73.5 Å². The Morgan fingerprint density at radius 3 is 2.44 bits per heavy atom. The van der Waals surface area contributed by atoms with E-state index in [0.29, 0.717) is 17.3 Å². The van der Waals surface area contributed by atoms with Gasteiger partial charge in [-0.1, -0.05) is 30.3 Å². The Morgan fingerprint density at radius 2 is 1.72 bits per heavy atom. The van der Waals surface area contributed by atoms with E-state index in [1.165, 1.54) is 0 Å². The number of carbonyl (C=O) groups excluding carboxylic acids is 1. The highest BCUT2D eigenvalue weighted by Crippen LogP contribution is 2.23. The summed E-state index contributed by atoms with van der Waals surface area (Å²) in [6.45, 7) is 1.85. The number of nitrogens with one attached hydrogen (secondary N) is 1. The molecule has 3 aromatic rings. The quantitative estimate of drug-likeness (QED) is 0.701. The zero-order valence-electron chi connectivity index (χ0n) is 13.9. The Kier molecular flexibility index (Phi) is 5.09. The maximum Gasteiger partial charge on any atom is 0.274 e. The summed E-state index contributed by atoms with van der Waals surface area (Å²) in [4.78, 5) is 23.3. The summed E-state index contributed by atoms with van der Waals surface area (Å²) in [6, 6.07) is 18.9. The van der Waals surface area contributed by atoms with Crippen LogP contribution in [0.15, 0.2) is 65.1 Å². The highest BCUT2D eigenvalue weighted by atomic mass is 79.9. The molecule has 0 aliphatic heterocycles. The molecular formula is C19H17BrN4O. The SMILES string of the molecule is Cc1cc(C(=O)Nc2ccccc2Br)nc(N(C)c2ccccc2)n1. The van der Waals surface area contributed by atoms with Crippen molar-refractivity contribution >= 4 is 39.2 Å². The Labute approximate surface area is 154 Å². The predicted molar refractivity (Wildman–Crippen MR) is 103 cm³/mol. The number of anilines is 3. The number of rotatable bonds is 4. The molecule has 0 radical (unpaired) electrons. The number of amides is 1. The fourth-order valence-electron chi connectivity index (χ4n) is 2.34. The molecule has 0 aliphatic carbocycles. The Morgan fingerprint density at radius 1 is 1.04 bits per heavy atom. The van der Waals surface area contributed by atoms with Crippen molar-refractivity contribution in [1.82, 2.24) is 9.97 Å². The first-order valence-electron chi connectivity index (χ1n) is 7.75. The average Bonchev–Trinajstić information content (AvgIpc) is 2.63. The lowest BCUT2D eigenvalue weighted by atomic mass is 10.2. The lowest BCUT2D eigenvalue weighted by molar-refractivity contribution is 0.102. The van der Waals surface area contributed by atoms with Crippen LogP contribution in [0, 0.1) is 6.92 Å². The van der Waals surface area contributed by atoms with Gasteiger partial charge in [-0.15, -0.1) is 0 Å². The summed E-state index contributed by atoms with van der Waals surface area (Å²) < 4.78 is 0.816. The van der Waals surface area contributed by atoms with Gasteiger partial charge in [-0.3, -0.25) is 4.79 Å². The summed E-state index contributed by atoms with van der Waals surface area (Å²) in [6.07, 6.45) is 0. The molecule has 1 aromatic heterocycles. The van der Waals surface area contributed by atoms with Crippen LogP contribution in [0.4, 0.5) is 17.3 Å². The van der Waals surface area contributed by atoms with Crippen molar-refractivity contribution in [1.29, 1.82) is 0 Å². The largest absolute Gasteiger partial charge is 0.320 e. The van der Waals surface area contributed by atoms with Crippen LogP contribution in [0.3, 0.4) is 0 Å². The van der Waals surface area contributed by atoms with Gasteiger partial charge in [-0.25, -0.2) is 9.97 Å². The van der Waals surface area contributed by atoms with Crippen LogP contribution in [0.1, 0.15) is 16.2 Å². The van der Waals surface area contributed by atoms with Crippen LogP contribution in [0.5, 0.6) is 0 Å². The van der Waals surface area contributed by atoms with E-state index < -0.39 is 0 Å². The molecule has 3 rings (SSSR count). The van der Waals surface area contributed by atoms with Crippen molar-refractivity contribution in [2.24, 2.45) is 0 Å². The van der Waals surface area contributed by atoms with Crippen LogP contribution in [0.2, 0.25) is 0 Å². The van der Waals surface area contributed by atoms with Crippen molar-refractivity contribution in [2.45, 2.75) is 6.92 Å². The molecule has 0 aliphatic rings. The molecule has 0 atom stereocenters. The van der Waals surface area contributed by atoms with Gasteiger partial charge >= 0.3 is 0 Å². The molecule has 0 saturated heterocycles. The number of halogens is 1. The molecule has 1 N–H and O–H groups in total. The zero-order chi connectivity index (χ0) is 17.8. The summed E-state index contributed by atoms with van der Waals surface area (Å²) >= 11 is 3.42. The second-order valence-corrected chi connectivity index (χ2v) is 6.38. The van der Waals surface area contributed by atoms with Gasteiger partial charge < -0.3 is 10.2 Å². The van der Waals surface area contributed by atoms with Crippen LogP contribution >= 0.6 is 15.9 Å². The molecule has 1 heterocycles. The van der Waals surface area contributed by atoms with Crippen LogP contribution in [-0.2, 0) is 0 Å². The summed E-state index contributed by atoms with van der Waals surface area (Å²) in [7, 11) is 1.87. The molecule has 126 valence electrons. The Balaban J connectivity index is 1.89. The van der Waals surface area contributed by atoms with E-state index in [2.05, 4.69) is 31.2 Å². The molecule has 0 bridgehead atoms. The van der Waals surface area contributed by atoms with Gasteiger partial charge in [0.15, 0.2) is 0 Å². The third kappa shape index (κ3) is 4.03. The number of hydrogen-bond donors (Lipinski definition) is 1. The van der Waals surface area contributed by atoms with Gasteiger partial charge in [0, 0.05) is 22.9 Å². The van der Waals surface area contributed by atoms with Gasteiger partial charge in [0.05, 0.1) is 5.69 Å². The van der Waals surface area contributed by atoms with Gasteiger partial charge in [-0.05, 0) is 53.2 Å². The third-order valence-electron chi connectivity index (χ3n) is 3.64. The number of para-hydroxylation sites is 2. The summed E-state index contributed by atoms with van der Waals surface area (Å²) in [5, 5.41) is 2.87. The highest BCUT2D eigenvalue weighted by molar-refractivity contribution is 9.10. The summed E-state index contributed by atoms with van der Waals surface area (Å²) in [5.74, 6) is 0.198. The molecule has 0 spiro atoms. The molecule has 0 saturated carbocycles. The smallest absolute Gasteiger partial charge is 0.274 e. The van der Waals surface area contributed by atoms with Gasteiger partial charge in [0.1, 0.15) is 5.69 Å². The van der Waals surface area contributed by atoms with E-state index in [4.69, 9.17) is 0 Å². The molecule has 2 aromatic carbocycles. The van der Waals surface area contributed by atoms with E-state index in [1.54, 1.807) is 6.07 Å². The summed E-state index contributed by atoms with van der Waals surface area (Å²) in [5.41, 5.74) is 2.69. The first-order chi connectivity index (χ1) is 12.0. The standard InChI is InChI=1S/C19H17BrN4O/c1-13-12-17(18(25)22-16-11-7-6-10-15(16)20)23-19(21-13)24(2)14-8-4-3-5-9-14/h3-12H,1-2H3,(H,22,25). The van der Waals surface area contributed by atoms with Crippen molar-refractivity contribution in [3.8, 4) is 0 Å². The van der Waals surface area contributed by atoms with Crippen LogP contribution in [-0.4, -0.2) is 22.9 Å². The van der Waals surface area contributed by atoms with Crippen molar-refractivity contribution in [3.63, 3.8) is 0 Å². The number of carbonyl (C=O) groups is 1. The topological polar surface area (TPSA) is 58.1 Å². The van der Waals surface area contributed by atoms with Crippen molar-refractivity contribution < 1.29 is 4.79 Å². The number of nitrogens with zero attached hydrogens (tertiary/aromatic N) is 3. The second-order valence-electron chi connectivity index (χ2n) is 5.52. The second kappa shape index (κ2) is 7.44. The first-order valence-corrected chi connectivity index (χ1v) is 8.54. The van der Waals surface area contributed by atoms with E-state index in [9.17, 15) is 4.79 Å². The third-order valence-corrected chi connectivity index (χ3v) is 4.33. The van der Waals surface area contributed by atoms with Crippen molar-refractivity contribution in [3.05, 3.63) is 76.5 Å². The normalized spacial score (nSPS) is 10.4. The minimum atomic E-state index is -0.278. The Bertz CT molecular complexity index is 899. The minimum absolute atomic E-state index is 0.278. The predicted octanol–water partition coefficient (Wildman–Crippen LogP) is 4.57. The Hall–Kier alpha value is -2.73. The average molecular weight is 397 g/mol. The zero-order valence-corrected chi connectivity index (χ0v) is 15.5. The maximum atomic E-state index is 12.6. The lowest BCUT2D eigenvalue weighted by Crippen LogP contribution is -2.19. The van der Waals surface area contributed by atoms with E-state index in [0.717, 1.165) is 15.9 Å². The van der Waals surface area contributed by atoms with Gasteiger partial charge in [0.2, 0.25) is 5.95 Å². The number of aryl methyl sites for hydroxylation is 1. The van der Waals surface area contributed by atoms with E-state index >= 15 is 0 Å². The van der Waals surface area contributed by atoms with Crippen molar-refractivity contribution in [2.75, 3.05) is 17.3 Å². The monoisotopic (exact) mass is 396 g/mol. The molecular weight excluding hydrogens is 380 g/mol. The van der Waals surface area contributed by atoms with Gasteiger partial charge in [0.25, 0.3) is 5.91 Å². The molecule has 0 fully saturated rings. The first kappa shape index (κ1) is 17.1. The molecule has 0 unspecified atom stereocenters. The fourth-order valence-corrected chi connectivity index (χ4v) is 2.72. The maximum absolute atomic E-state index is 12.6. The highest BCUT2D eigenvalue weighted by Gasteiger charge is 2.15. The fraction of sp³-hybridized carbons (Fsp3) is 0.105.